The molecule has 0 saturated carbocycles. The van der Waals surface area contributed by atoms with Gasteiger partial charge in [0.05, 0.1) is 6.10 Å². The molecule has 100 valence electrons. The topological polar surface area (TPSA) is 32.7 Å². The third-order valence-corrected chi connectivity index (χ3v) is 3.30. The monoisotopic (exact) mass is 249 g/mol. The first-order chi connectivity index (χ1) is 8.67. The second kappa shape index (κ2) is 6.21. The predicted molar refractivity (Wildman–Crippen MR) is 72.7 cm³/mol. The van der Waals surface area contributed by atoms with E-state index in [-0.39, 0.29) is 6.10 Å². The molecule has 0 spiro atoms. The van der Waals surface area contributed by atoms with Crippen LogP contribution in [0.15, 0.2) is 24.3 Å². The summed E-state index contributed by atoms with van der Waals surface area (Å²) in [6.45, 7) is 7.43. The summed E-state index contributed by atoms with van der Waals surface area (Å²) in [4.78, 5) is 2.40. The molecule has 0 aromatic heterocycles. The number of ether oxygens (including phenoxy) is 1. The molecule has 1 aliphatic rings. The van der Waals surface area contributed by atoms with E-state index in [9.17, 15) is 0 Å². The third-order valence-electron chi connectivity index (χ3n) is 3.30. The van der Waals surface area contributed by atoms with Crippen molar-refractivity contribution in [3.05, 3.63) is 29.8 Å². The Labute approximate surface area is 109 Å². The highest BCUT2D eigenvalue weighted by Gasteiger charge is 2.21. The fraction of sp³-hybridized carbons (Fsp3) is 0.600. The van der Waals surface area contributed by atoms with Crippen molar-refractivity contribution in [1.82, 2.24) is 4.90 Å². The largest absolute Gasteiger partial charge is 0.491 e. The van der Waals surface area contributed by atoms with E-state index in [2.05, 4.69) is 17.0 Å². The van der Waals surface area contributed by atoms with E-state index in [1.165, 1.54) is 5.56 Å². The van der Waals surface area contributed by atoms with Crippen molar-refractivity contribution in [1.29, 1.82) is 0 Å². The SMILES string of the molecule is CC(C)Oc1cccc(CN2CCC(CO)C2)c1. The molecule has 1 N–H and O–H groups in total. The molecule has 1 aromatic carbocycles. The fourth-order valence-electron chi connectivity index (χ4n) is 2.45. The summed E-state index contributed by atoms with van der Waals surface area (Å²) < 4.78 is 5.70. The van der Waals surface area contributed by atoms with E-state index in [0.717, 1.165) is 31.8 Å². The van der Waals surface area contributed by atoms with Crippen LogP contribution in [-0.4, -0.2) is 35.8 Å². The zero-order chi connectivity index (χ0) is 13.0. The lowest BCUT2D eigenvalue weighted by atomic mass is 10.1. The van der Waals surface area contributed by atoms with Crippen molar-refractivity contribution in [3.63, 3.8) is 0 Å². The maximum absolute atomic E-state index is 9.15. The Morgan fingerprint density at radius 3 is 2.94 bits per heavy atom. The van der Waals surface area contributed by atoms with Crippen molar-refractivity contribution in [2.24, 2.45) is 5.92 Å². The Kier molecular flexibility index (Phi) is 4.61. The summed E-state index contributed by atoms with van der Waals surface area (Å²) in [7, 11) is 0. The fourth-order valence-corrected chi connectivity index (χ4v) is 2.45. The van der Waals surface area contributed by atoms with Crippen molar-refractivity contribution >= 4 is 0 Å². The molecule has 0 aliphatic carbocycles. The third kappa shape index (κ3) is 3.72. The smallest absolute Gasteiger partial charge is 0.120 e. The van der Waals surface area contributed by atoms with Gasteiger partial charge in [0.2, 0.25) is 0 Å². The molecule has 0 bridgehead atoms. The van der Waals surface area contributed by atoms with E-state index in [1.54, 1.807) is 0 Å². The molecular weight excluding hydrogens is 226 g/mol. The van der Waals surface area contributed by atoms with Crippen LogP contribution in [0.5, 0.6) is 5.75 Å². The zero-order valence-electron chi connectivity index (χ0n) is 11.3. The van der Waals surface area contributed by atoms with E-state index >= 15 is 0 Å². The summed E-state index contributed by atoms with van der Waals surface area (Å²) in [6.07, 6.45) is 1.32. The average molecular weight is 249 g/mol. The zero-order valence-corrected chi connectivity index (χ0v) is 11.3. The Morgan fingerprint density at radius 1 is 1.44 bits per heavy atom. The van der Waals surface area contributed by atoms with Crippen molar-refractivity contribution in [2.45, 2.75) is 32.9 Å². The van der Waals surface area contributed by atoms with Gasteiger partial charge in [0.1, 0.15) is 5.75 Å². The quantitative estimate of drug-likeness (QED) is 0.869. The van der Waals surface area contributed by atoms with Gasteiger partial charge >= 0.3 is 0 Å². The van der Waals surface area contributed by atoms with Crippen molar-refractivity contribution in [2.75, 3.05) is 19.7 Å². The molecule has 1 saturated heterocycles. The maximum Gasteiger partial charge on any atom is 0.120 e. The number of hydrogen-bond acceptors (Lipinski definition) is 3. The van der Waals surface area contributed by atoms with Gasteiger partial charge in [-0.2, -0.15) is 0 Å². The number of benzene rings is 1. The second-order valence-corrected chi connectivity index (χ2v) is 5.39. The molecule has 1 aliphatic heterocycles. The van der Waals surface area contributed by atoms with Crippen molar-refractivity contribution < 1.29 is 9.84 Å². The highest BCUT2D eigenvalue weighted by atomic mass is 16.5. The van der Waals surface area contributed by atoms with Gasteiger partial charge in [-0.25, -0.2) is 0 Å². The number of aliphatic hydroxyl groups excluding tert-OH is 1. The van der Waals surface area contributed by atoms with Gasteiger partial charge in [0.25, 0.3) is 0 Å². The maximum atomic E-state index is 9.15. The lowest BCUT2D eigenvalue weighted by Gasteiger charge is -2.17. The summed E-state index contributed by atoms with van der Waals surface area (Å²) in [5.74, 6) is 1.40. The molecule has 1 fully saturated rings. The van der Waals surface area contributed by atoms with Gasteiger partial charge in [-0.05, 0) is 50.4 Å². The number of aliphatic hydroxyl groups is 1. The number of likely N-dealkylation sites (tertiary alicyclic amines) is 1. The Bertz CT molecular complexity index is 379. The van der Waals surface area contributed by atoms with Crippen LogP contribution in [0.25, 0.3) is 0 Å². The van der Waals surface area contributed by atoms with Crippen LogP contribution >= 0.6 is 0 Å². The molecule has 3 heteroatoms. The summed E-state index contributed by atoms with van der Waals surface area (Å²) in [5.41, 5.74) is 1.28. The first-order valence-corrected chi connectivity index (χ1v) is 6.76. The Morgan fingerprint density at radius 2 is 2.28 bits per heavy atom. The minimum absolute atomic E-state index is 0.214. The second-order valence-electron chi connectivity index (χ2n) is 5.39. The summed E-state index contributed by atoms with van der Waals surface area (Å²) in [6, 6.07) is 8.31. The van der Waals surface area contributed by atoms with Crippen LogP contribution in [0.2, 0.25) is 0 Å². The van der Waals surface area contributed by atoms with E-state index in [0.29, 0.717) is 12.5 Å². The molecule has 1 heterocycles. The minimum atomic E-state index is 0.214. The lowest BCUT2D eigenvalue weighted by Crippen LogP contribution is -2.21. The molecule has 2 rings (SSSR count). The van der Waals surface area contributed by atoms with Gasteiger partial charge in [0.15, 0.2) is 0 Å². The highest BCUT2D eigenvalue weighted by Crippen LogP contribution is 2.20. The van der Waals surface area contributed by atoms with Crippen LogP contribution in [0.3, 0.4) is 0 Å². The van der Waals surface area contributed by atoms with Crippen LogP contribution in [-0.2, 0) is 6.54 Å². The van der Waals surface area contributed by atoms with Gasteiger partial charge in [-0.15, -0.1) is 0 Å². The summed E-state index contributed by atoms with van der Waals surface area (Å²) in [5, 5.41) is 9.15. The van der Waals surface area contributed by atoms with Gasteiger partial charge < -0.3 is 9.84 Å². The van der Waals surface area contributed by atoms with Crippen LogP contribution < -0.4 is 4.74 Å². The van der Waals surface area contributed by atoms with Gasteiger partial charge in [-0.1, -0.05) is 12.1 Å². The standard InChI is InChI=1S/C15H23NO2/c1-12(2)18-15-5-3-4-13(8-15)9-16-7-6-14(10-16)11-17/h3-5,8,12,14,17H,6-7,9-11H2,1-2H3. The van der Waals surface area contributed by atoms with Gasteiger partial charge in [0, 0.05) is 19.7 Å². The Balaban J connectivity index is 1.93. The van der Waals surface area contributed by atoms with Crippen LogP contribution in [0, 0.1) is 5.92 Å². The minimum Gasteiger partial charge on any atom is -0.491 e. The predicted octanol–water partition coefficient (Wildman–Crippen LogP) is 2.29. The Hall–Kier alpha value is -1.06. The first-order valence-electron chi connectivity index (χ1n) is 6.76. The average Bonchev–Trinajstić information content (AvgIpc) is 2.76. The highest BCUT2D eigenvalue weighted by molar-refractivity contribution is 5.28. The van der Waals surface area contributed by atoms with E-state index in [4.69, 9.17) is 9.84 Å². The van der Waals surface area contributed by atoms with E-state index in [1.807, 2.05) is 26.0 Å². The first kappa shape index (κ1) is 13.4. The summed E-state index contributed by atoms with van der Waals surface area (Å²) >= 11 is 0. The van der Waals surface area contributed by atoms with Gasteiger partial charge in [-0.3, -0.25) is 4.90 Å². The van der Waals surface area contributed by atoms with Crippen LogP contribution in [0.4, 0.5) is 0 Å². The molecule has 1 atom stereocenters. The number of rotatable bonds is 5. The van der Waals surface area contributed by atoms with E-state index < -0.39 is 0 Å². The molecule has 3 nitrogen and oxygen atoms in total. The number of hydrogen-bond donors (Lipinski definition) is 1. The van der Waals surface area contributed by atoms with Crippen molar-refractivity contribution in [3.8, 4) is 5.75 Å². The normalized spacial score (nSPS) is 20.6. The molecule has 0 amide bonds. The van der Waals surface area contributed by atoms with Crippen LogP contribution in [0.1, 0.15) is 25.8 Å². The molecular formula is C15H23NO2. The lowest BCUT2D eigenvalue weighted by molar-refractivity contribution is 0.219. The molecule has 1 aromatic rings. The molecule has 18 heavy (non-hydrogen) atoms. The number of nitrogens with zero attached hydrogens (tertiary/aromatic N) is 1. The molecule has 0 radical (unpaired) electrons. The molecule has 1 unspecified atom stereocenters.